The van der Waals surface area contributed by atoms with E-state index in [0.717, 1.165) is 24.8 Å². The molecular weight excluding hydrogens is 266 g/mol. The van der Waals surface area contributed by atoms with Crippen LogP contribution in [0.4, 0.5) is 0 Å². The molecule has 4 atom stereocenters. The number of carboxylic acids is 1. The molecule has 2 aliphatic rings. The number of para-hydroxylation sites is 1. The predicted octanol–water partition coefficient (Wildman–Crippen LogP) is 2.19. The van der Waals surface area contributed by atoms with Gasteiger partial charge in [-0.1, -0.05) is 24.6 Å². The number of carboxylic acid groups (broad SMARTS) is 1. The third-order valence-corrected chi connectivity index (χ3v) is 5.05. The van der Waals surface area contributed by atoms with E-state index in [2.05, 4.69) is 34.2 Å². The number of nitrogens with one attached hydrogen (secondary N) is 3. The monoisotopic (exact) mass is 285 g/mol. The van der Waals surface area contributed by atoms with Gasteiger partial charge in [0.15, 0.2) is 0 Å². The predicted molar refractivity (Wildman–Crippen MR) is 79.6 cm³/mol. The Hall–Kier alpha value is -1.85. The average Bonchev–Trinajstić information content (AvgIpc) is 3.09. The van der Waals surface area contributed by atoms with Gasteiger partial charge in [0.05, 0.1) is 12.0 Å². The lowest BCUT2D eigenvalue weighted by Gasteiger charge is -2.32. The summed E-state index contributed by atoms with van der Waals surface area (Å²) in [6, 6.07) is 8.45. The van der Waals surface area contributed by atoms with Gasteiger partial charge in [0.2, 0.25) is 0 Å². The van der Waals surface area contributed by atoms with Crippen LogP contribution in [0.5, 0.6) is 0 Å². The van der Waals surface area contributed by atoms with E-state index in [1.165, 1.54) is 10.9 Å². The van der Waals surface area contributed by atoms with Gasteiger partial charge in [0, 0.05) is 23.1 Å². The summed E-state index contributed by atoms with van der Waals surface area (Å²) in [5.41, 5.74) is 8.95. The molecule has 4 N–H and O–H groups in total. The molecule has 4 rings (SSSR count). The molecule has 1 saturated carbocycles. The Kier molecular flexibility index (Phi) is 2.97. The molecule has 1 saturated heterocycles. The van der Waals surface area contributed by atoms with Gasteiger partial charge in [-0.2, -0.15) is 0 Å². The molecule has 5 heteroatoms. The van der Waals surface area contributed by atoms with Gasteiger partial charge >= 0.3 is 5.97 Å². The first kappa shape index (κ1) is 12.9. The Morgan fingerprint density at radius 1 is 1.19 bits per heavy atom. The minimum absolute atomic E-state index is 0.0231. The highest BCUT2D eigenvalue weighted by molar-refractivity contribution is 5.83. The summed E-state index contributed by atoms with van der Waals surface area (Å²) in [4.78, 5) is 14.7. The average molecular weight is 285 g/mol. The minimum atomic E-state index is -0.682. The van der Waals surface area contributed by atoms with E-state index in [0.29, 0.717) is 5.92 Å². The van der Waals surface area contributed by atoms with Crippen molar-refractivity contribution >= 4 is 16.9 Å². The van der Waals surface area contributed by atoms with Gasteiger partial charge in [-0.3, -0.25) is 10.2 Å². The van der Waals surface area contributed by atoms with Crippen LogP contribution in [-0.4, -0.2) is 22.1 Å². The van der Waals surface area contributed by atoms with Gasteiger partial charge in [0.1, 0.15) is 0 Å². The maximum Gasteiger partial charge on any atom is 0.308 e. The number of carbonyl (C=O) groups is 1. The fourth-order valence-electron chi connectivity index (χ4n) is 4.04. The summed E-state index contributed by atoms with van der Waals surface area (Å²) >= 11 is 0. The highest BCUT2D eigenvalue weighted by atomic mass is 16.4. The lowest BCUT2D eigenvalue weighted by molar-refractivity contribution is -0.144. The summed E-state index contributed by atoms with van der Waals surface area (Å²) < 4.78 is 0. The number of H-pyrrole nitrogens is 1. The molecule has 21 heavy (non-hydrogen) atoms. The maximum absolute atomic E-state index is 11.4. The Morgan fingerprint density at radius 3 is 2.90 bits per heavy atom. The number of fused-ring (bicyclic) bond motifs is 2. The van der Waals surface area contributed by atoms with Crippen molar-refractivity contribution < 1.29 is 9.90 Å². The molecule has 0 bridgehead atoms. The summed E-state index contributed by atoms with van der Waals surface area (Å²) in [5.74, 6) is -0.635. The van der Waals surface area contributed by atoms with Crippen molar-refractivity contribution in [2.45, 2.75) is 31.3 Å². The number of hydrazine groups is 1. The molecule has 1 aromatic heterocycles. The van der Waals surface area contributed by atoms with Crippen molar-refractivity contribution in [3.05, 3.63) is 36.0 Å². The molecule has 1 aliphatic carbocycles. The first-order chi connectivity index (χ1) is 10.3. The molecule has 0 spiro atoms. The fraction of sp³-hybridized carbons (Fsp3) is 0.438. The molecule has 0 radical (unpaired) electrons. The first-order valence-electron chi connectivity index (χ1n) is 7.55. The van der Waals surface area contributed by atoms with E-state index in [9.17, 15) is 9.90 Å². The third-order valence-electron chi connectivity index (χ3n) is 5.05. The van der Waals surface area contributed by atoms with Gasteiger partial charge in [-0.25, -0.2) is 5.43 Å². The SMILES string of the molecule is O=C(O)C1CCCC2C(c3c[nH]c4ccccc34)NNC12. The first-order valence-corrected chi connectivity index (χ1v) is 7.55. The number of rotatable bonds is 2. The van der Waals surface area contributed by atoms with Crippen LogP contribution in [0.1, 0.15) is 30.9 Å². The van der Waals surface area contributed by atoms with E-state index in [4.69, 9.17) is 0 Å². The van der Waals surface area contributed by atoms with E-state index in [1.54, 1.807) is 0 Å². The Labute approximate surface area is 122 Å². The number of aromatic nitrogens is 1. The molecule has 2 heterocycles. The largest absolute Gasteiger partial charge is 0.481 e. The maximum atomic E-state index is 11.4. The molecular formula is C16H19N3O2. The van der Waals surface area contributed by atoms with E-state index in [-0.39, 0.29) is 18.0 Å². The van der Waals surface area contributed by atoms with Crippen LogP contribution in [0.25, 0.3) is 10.9 Å². The molecule has 5 nitrogen and oxygen atoms in total. The lowest BCUT2D eigenvalue weighted by atomic mass is 9.74. The fourth-order valence-corrected chi connectivity index (χ4v) is 4.04. The van der Waals surface area contributed by atoms with E-state index >= 15 is 0 Å². The van der Waals surface area contributed by atoms with Crippen LogP contribution < -0.4 is 10.9 Å². The van der Waals surface area contributed by atoms with Crippen LogP contribution in [0.3, 0.4) is 0 Å². The van der Waals surface area contributed by atoms with Crippen LogP contribution in [-0.2, 0) is 4.79 Å². The second kappa shape index (κ2) is 4.86. The van der Waals surface area contributed by atoms with Gasteiger partial charge in [-0.15, -0.1) is 0 Å². The summed E-state index contributed by atoms with van der Waals surface area (Å²) in [6.45, 7) is 0. The van der Waals surface area contributed by atoms with Crippen molar-refractivity contribution in [1.29, 1.82) is 0 Å². The number of benzene rings is 1. The van der Waals surface area contributed by atoms with Crippen molar-refractivity contribution in [3.63, 3.8) is 0 Å². The molecule has 2 fully saturated rings. The molecule has 0 amide bonds. The second-order valence-corrected chi connectivity index (χ2v) is 6.12. The standard InChI is InChI=1S/C16H19N3O2/c20-16(21)11-6-3-5-10-14(11)18-19-15(10)12-8-17-13-7-2-1-4-9(12)13/h1-2,4,7-8,10-11,14-15,17-19H,3,5-6H2,(H,20,21). The van der Waals surface area contributed by atoms with Crippen molar-refractivity contribution in [2.24, 2.45) is 11.8 Å². The molecule has 2 aromatic rings. The summed E-state index contributed by atoms with van der Waals surface area (Å²) in [6.07, 6.45) is 4.88. The number of aromatic amines is 1. The van der Waals surface area contributed by atoms with Crippen molar-refractivity contribution in [2.75, 3.05) is 0 Å². The van der Waals surface area contributed by atoms with Crippen LogP contribution >= 0.6 is 0 Å². The summed E-state index contributed by atoms with van der Waals surface area (Å²) in [7, 11) is 0. The second-order valence-electron chi connectivity index (χ2n) is 6.12. The highest BCUT2D eigenvalue weighted by Crippen LogP contribution is 2.42. The smallest absolute Gasteiger partial charge is 0.308 e. The van der Waals surface area contributed by atoms with Gasteiger partial charge in [0.25, 0.3) is 0 Å². The topological polar surface area (TPSA) is 77.1 Å². The van der Waals surface area contributed by atoms with Crippen LogP contribution in [0.15, 0.2) is 30.5 Å². The van der Waals surface area contributed by atoms with Crippen molar-refractivity contribution in [3.8, 4) is 0 Å². The number of aliphatic carboxylic acids is 1. The quantitative estimate of drug-likeness (QED) is 0.682. The zero-order valence-electron chi connectivity index (χ0n) is 11.7. The highest BCUT2D eigenvalue weighted by Gasteiger charge is 2.46. The molecule has 110 valence electrons. The molecule has 4 unspecified atom stereocenters. The zero-order chi connectivity index (χ0) is 14.4. The van der Waals surface area contributed by atoms with Crippen LogP contribution in [0.2, 0.25) is 0 Å². The van der Waals surface area contributed by atoms with E-state index < -0.39 is 5.97 Å². The summed E-state index contributed by atoms with van der Waals surface area (Å²) in [5, 5.41) is 10.6. The lowest BCUT2D eigenvalue weighted by Crippen LogP contribution is -2.43. The van der Waals surface area contributed by atoms with Crippen molar-refractivity contribution in [1.82, 2.24) is 15.8 Å². The number of hydrogen-bond donors (Lipinski definition) is 4. The number of hydrogen-bond acceptors (Lipinski definition) is 3. The Morgan fingerprint density at radius 2 is 2.05 bits per heavy atom. The molecule has 1 aliphatic heterocycles. The Balaban J connectivity index is 1.69. The van der Waals surface area contributed by atoms with Gasteiger partial charge in [-0.05, 0) is 30.4 Å². The molecule has 1 aromatic carbocycles. The van der Waals surface area contributed by atoms with E-state index in [1.807, 2.05) is 12.1 Å². The minimum Gasteiger partial charge on any atom is -0.481 e. The van der Waals surface area contributed by atoms with Gasteiger partial charge < -0.3 is 10.1 Å². The zero-order valence-corrected chi connectivity index (χ0v) is 11.7. The Bertz CT molecular complexity index is 681. The normalized spacial score (nSPS) is 32.2. The third kappa shape index (κ3) is 1.96. The van der Waals surface area contributed by atoms with Crippen LogP contribution in [0, 0.1) is 11.8 Å².